The molecule has 22 heavy (non-hydrogen) atoms. The molecule has 1 aliphatic carbocycles. The van der Waals surface area contributed by atoms with Crippen LogP contribution in [-0.4, -0.2) is 29.6 Å². The van der Waals surface area contributed by atoms with E-state index in [4.69, 9.17) is 21.4 Å². The SMILES string of the molecule is O=C(N[C@@H]1CCC[C@@H]2OCC[C@@H]21)c1ccc2[nH]c(=S)oc2c1. The van der Waals surface area contributed by atoms with Crippen molar-refractivity contribution in [1.29, 1.82) is 0 Å². The van der Waals surface area contributed by atoms with Crippen molar-refractivity contribution in [2.75, 3.05) is 6.61 Å². The number of oxazole rings is 1. The first kappa shape index (κ1) is 14.0. The van der Waals surface area contributed by atoms with Gasteiger partial charge in [-0.25, -0.2) is 0 Å². The summed E-state index contributed by atoms with van der Waals surface area (Å²) in [5, 5.41) is 3.18. The van der Waals surface area contributed by atoms with Crippen molar-refractivity contribution < 1.29 is 13.9 Å². The first-order chi connectivity index (χ1) is 10.7. The molecule has 1 saturated heterocycles. The number of carbonyl (C=O) groups excluding carboxylic acids is 1. The van der Waals surface area contributed by atoms with Crippen molar-refractivity contribution in [3.63, 3.8) is 0 Å². The molecule has 0 radical (unpaired) electrons. The van der Waals surface area contributed by atoms with E-state index in [1.54, 1.807) is 12.1 Å². The Morgan fingerprint density at radius 3 is 3.14 bits per heavy atom. The summed E-state index contributed by atoms with van der Waals surface area (Å²) in [5.74, 6) is 0.402. The zero-order chi connectivity index (χ0) is 15.1. The van der Waals surface area contributed by atoms with E-state index in [0.29, 0.717) is 28.0 Å². The van der Waals surface area contributed by atoms with Crippen LogP contribution in [0.2, 0.25) is 0 Å². The van der Waals surface area contributed by atoms with E-state index in [2.05, 4.69) is 10.3 Å². The zero-order valence-electron chi connectivity index (χ0n) is 12.1. The van der Waals surface area contributed by atoms with Crippen LogP contribution in [0.1, 0.15) is 36.0 Å². The number of benzene rings is 1. The van der Waals surface area contributed by atoms with Gasteiger partial charge in [0.1, 0.15) is 0 Å². The van der Waals surface area contributed by atoms with Crippen molar-refractivity contribution in [3.8, 4) is 0 Å². The van der Waals surface area contributed by atoms with Gasteiger partial charge in [0.25, 0.3) is 10.7 Å². The summed E-state index contributed by atoms with van der Waals surface area (Å²) in [5.41, 5.74) is 2.03. The average molecular weight is 318 g/mol. The number of amides is 1. The van der Waals surface area contributed by atoms with Gasteiger partial charge in [-0.3, -0.25) is 4.79 Å². The average Bonchev–Trinajstić information content (AvgIpc) is 3.11. The van der Waals surface area contributed by atoms with Gasteiger partial charge in [-0.2, -0.15) is 0 Å². The number of hydrogen-bond donors (Lipinski definition) is 2. The van der Waals surface area contributed by atoms with Crippen LogP contribution in [0.3, 0.4) is 0 Å². The molecule has 2 heterocycles. The van der Waals surface area contributed by atoms with Crippen LogP contribution in [0.5, 0.6) is 0 Å². The van der Waals surface area contributed by atoms with Gasteiger partial charge >= 0.3 is 0 Å². The first-order valence-electron chi connectivity index (χ1n) is 7.76. The van der Waals surface area contributed by atoms with Crippen molar-refractivity contribution in [1.82, 2.24) is 10.3 Å². The van der Waals surface area contributed by atoms with Gasteiger partial charge in [0.2, 0.25) is 0 Å². The first-order valence-corrected chi connectivity index (χ1v) is 8.17. The van der Waals surface area contributed by atoms with Crippen LogP contribution < -0.4 is 5.32 Å². The minimum absolute atomic E-state index is 0.0539. The van der Waals surface area contributed by atoms with E-state index in [-0.39, 0.29) is 11.9 Å². The molecule has 1 aromatic carbocycles. The highest BCUT2D eigenvalue weighted by molar-refractivity contribution is 7.71. The topological polar surface area (TPSA) is 67.3 Å². The molecule has 5 nitrogen and oxygen atoms in total. The molecular weight excluding hydrogens is 300 g/mol. The molecule has 2 fully saturated rings. The smallest absolute Gasteiger partial charge is 0.266 e. The van der Waals surface area contributed by atoms with Gasteiger partial charge in [0, 0.05) is 24.1 Å². The van der Waals surface area contributed by atoms with E-state index in [1.807, 2.05) is 6.07 Å². The van der Waals surface area contributed by atoms with Crippen LogP contribution in [0, 0.1) is 10.8 Å². The second-order valence-corrected chi connectivity index (χ2v) is 6.47. The molecule has 1 saturated carbocycles. The fourth-order valence-corrected chi connectivity index (χ4v) is 3.89. The Hall–Kier alpha value is -1.66. The summed E-state index contributed by atoms with van der Waals surface area (Å²) in [4.78, 5) is 15.8. The van der Waals surface area contributed by atoms with Crippen LogP contribution in [-0.2, 0) is 4.74 Å². The zero-order valence-corrected chi connectivity index (χ0v) is 12.9. The Morgan fingerprint density at radius 2 is 2.23 bits per heavy atom. The number of ether oxygens (including phenoxy) is 1. The van der Waals surface area contributed by atoms with Crippen LogP contribution in [0.4, 0.5) is 0 Å². The lowest BCUT2D eigenvalue weighted by Crippen LogP contribution is -2.45. The number of H-pyrrole nitrogens is 1. The van der Waals surface area contributed by atoms with Gasteiger partial charge in [-0.15, -0.1) is 0 Å². The predicted octanol–water partition coefficient (Wildman–Crippen LogP) is 3.18. The molecule has 2 aliphatic rings. The number of rotatable bonds is 2. The molecule has 0 unspecified atom stereocenters. The molecule has 6 heteroatoms. The summed E-state index contributed by atoms with van der Waals surface area (Å²) in [6.07, 6.45) is 4.62. The lowest BCUT2D eigenvalue weighted by Gasteiger charge is -2.33. The van der Waals surface area contributed by atoms with E-state index in [9.17, 15) is 4.79 Å². The number of aromatic amines is 1. The summed E-state index contributed by atoms with van der Waals surface area (Å²) >= 11 is 4.97. The maximum atomic E-state index is 12.5. The Morgan fingerprint density at radius 1 is 1.32 bits per heavy atom. The maximum Gasteiger partial charge on any atom is 0.266 e. The number of fused-ring (bicyclic) bond motifs is 2. The molecule has 1 amide bonds. The van der Waals surface area contributed by atoms with E-state index in [0.717, 1.165) is 37.8 Å². The molecule has 2 aromatic rings. The third-order valence-electron chi connectivity index (χ3n) is 4.78. The number of hydrogen-bond acceptors (Lipinski definition) is 4. The van der Waals surface area contributed by atoms with Crippen LogP contribution in [0.15, 0.2) is 22.6 Å². The maximum absolute atomic E-state index is 12.5. The van der Waals surface area contributed by atoms with Gasteiger partial charge in [0.15, 0.2) is 5.58 Å². The third-order valence-corrected chi connectivity index (χ3v) is 4.97. The summed E-state index contributed by atoms with van der Waals surface area (Å²) in [7, 11) is 0. The van der Waals surface area contributed by atoms with Crippen LogP contribution >= 0.6 is 12.2 Å². The van der Waals surface area contributed by atoms with Gasteiger partial charge in [0.05, 0.1) is 11.6 Å². The highest BCUT2D eigenvalue weighted by Crippen LogP contribution is 2.34. The van der Waals surface area contributed by atoms with Gasteiger partial charge in [-0.1, -0.05) is 0 Å². The van der Waals surface area contributed by atoms with Gasteiger partial charge < -0.3 is 19.5 Å². The number of aromatic nitrogens is 1. The van der Waals surface area contributed by atoms with E-state index in [1.165, 1.54) is 0 Å². The van der Waals surface area contributed by atoms with Crippen molar-refractivity contribution >= 4 is 29.2 Å². The molecule has 1 aromatic heterocycles. The van der Waals surface area contributed by atoms with Crippen molar-refractivity contribution in [2.24, 2.45) is 5.92 Å². The largest absolute Gasteiger partial charge is 0.429 e. The highest BCUT2D eigenvalue weighted by atomic mass is 32.1. The lowest BCUT2D eigenvalue weighted by molar-refractivity contribution is 0.0510. The third kappa shape index (κ3) is 2.46. The van der Waals surface area contributed by atoms with Crippen LogP contribution in [0.25, 0.3) is 11.1 Å². The van der Waals surface area contributed by atoms with E-state index < -0.39 is 0 Å². The quantitative estimate of drug-likeness (QED) is 0.835. The Balaban J connectivity index is 1.53. The molecule has 116 valence electrons. The highest BCUT2D eigenvalue weighted by Gasteiger charge is 2.38. The minimum Gasteiger partial charge on any atom is -0.429 e. The second-order valence-electron chi connectivity index (χ2n) is 6.10. The summed E-state index contributed by atoms with van der Waals surface area (Å²) in [6, 6.07) is 5.57. The molecule has 1 aliphatic heterocycles. The summed E-state index contributed by atoms with van der Waals surface area (Å²) < 4.78 is 11.1. The van der Waals surface area contributed by atoms with Gasteiger partial charge in [-0.05, 0) is 56.1 Å². The molecule has 2 N–H and O–H groups in total. The monoisotopic (exact) mass is 318 g/mol. The fourth-order valence-electron chi connectivity index (χ4n) is 3.69. The minimum atomic E-state index is -0.0539. The van der Waals surface area contributed by atoms with E-state index >= 15 is 0 Å². The molecule has 0 spiro atoms. The summed E-state index contributed by atoms with van der Waals surface area (Å²) in [6.45, 7) is 0.817. The number of nitrogens with one attached hydrogen (secondary N) is 2. The second kappa shape index (κ2) is 5.52. The molecule has 0 bridgehead atoms. The predicted molar refractivity (Wildman–Crippen MR) is 84.4 cm³/mol. The standard InChI is InChI=1S/C16H18N2O3S/c19-15(9-4-5-12-14(8-9)21-16(22)18-12)17-11-2-1-3-13-10(11)6-7-20-13/h4-5,8,10-11,13H,1-3,6-7H2,(H,17,19)(H,18,22)/t10-,11-,13+/m1/s1. The molecule has 3 atom stereocenters. The fraction of sp³-hybridized carbons (Fsp3) is 0.500. The van der Waals surface area contributed by atoms with Crippen molar-refractivity contribution in [2.45, 2.75) is 37.8 Å². The Labute approximate surface area is 133 Å². The molecule has 4 rings (SSSR count). The van der Waals surface area contributed by atoms with Crippen molar-refractivity contribution in [3.05, 3.63) is 28.6 Å². The molecular formula is C16H18N2O3S. The Bertz CT molecular complexity index is 766. The number of carbonyl (C=O) groups is 1. The normalized spacial score (nSPS) is 27.7. The lowest BCUT2D eigenvalue weighted by atomic mass is 9.81. The Kier molecular flexibility index (Phi) is 3.50.